The minimum Gasteiger partial charge on any atom is -0.469 e. The Bertz CT molecular complexity index is 142. The Hall–Kier alpha value is -0.610. The zero-order valence-electron chi connectivity index (χ0n) is 7.43. The summed E-state index contributed by atoms with van der Waals surface area (Å²) in [4.78, 5) is 10.9. The summed E-state index contributed by atoms with van der Waals surface area (Å²) >= 11 is 0. The maximum atomic E-state index is 10.9. The van der Waals surface area contributed by atoms with E-state index in [1.54, 1.807) is 0 Å². The Morgan fingerprint density at radius 3 is 3.17 bits per heavy atom. The third-order valence-corrected chi connectivity index (χ3v) is 2.11. The number of esters is 1. The summed E-state index contributed by atoms with van der Waals surface area (Å²) in [5.74, 6) is 0.316. The van der Waals surface area contributed by atoms with Crippen LogP contribution < -0.4 is 10.9 Å². The molecule has 0 amide bonds. The van der Waals surface area contributed by atoms with Gasteiger partial charge in [-0.25, -0.2) is 0 Å². The molecule has 2 N–H and O–H groups in total. The molecule has 1 fully saturated rings. The standard InChI is InChI=1S/C8H16N2O2/c1-12-8(11)5-7-3-2-4-9-10-6-7/h7,9-10H,2-6H2,1H3. The molecule has 12 heavy (non-hydrogen) atoms. The first-order chi connectivity index (χ1) is 5.83. The fraction of sp³-hybridized carbons (Fsp3) is 0.875. The van der Waals surface area contributed by atoms with E-state index in [9.17, 15) is 4.79 Å². The number of methoxy groups -OCH3 is 1. The zero-order chi connectivity index (χ0) is 8.81. The van der Waals surface area contributed by atoms with Crippen LogP contribution in [0.15, 0.2) is 0 Å². The molecule has 0 bridgehead atoms. The van der Waals surface area contributed by atoms with Gasteiger partial charge >= 0.3 is 5.97 Å². The van der Waals surface area contributed by atoms with Crippen molar-refractivity contribution in [1.29, 1.82) is 0 Å². The molecule has 4 heteroatoms. The number of carbonyl (C=O) groups excluding carboxylic acids is 1. The Morgan fingerprint density at radius 1 is 1.58 bits per heavy atom. The first-order valence-electron chi connectivity index (χ1n) is 4.35. The fourth-order valence-electron chi connectivity index (χ4n) is 1.38. The van der Waals surface area contributed by atoms with Crippen LogP contribution in [0.4, 0.5) is 0 Å². The number of rotatable bonds is 2. The first-order valence-corrected chi connectivity index (χ1v) is 4.35. The predicted octanol–water partition coefficient (Wildman–Crippen LogP) is 0.0537. The van der Waals surface area contributed by atoms with E-state index < -0.39 is 0 Å². The topological polar surface area (TPSA) is 50.4 Å². The van der Waals surface area contributed by atoms with Gasteiger partial charge in [0.25, 0.3) is 0 Å². The molecule has 0 aromatic heterocycles. The lowest BCUT2D eigenvalue weighted by molar-refractivity contribution is -0.141. The maximum Gasteiger partial charge on any atom is 0.305 e. The lowest BCUT2D eigenvalue weighted by Gasteiger charge is -2.11. The van der Waals surface area contributed by atoms with Crippen LogP contribution in [0.5, 0.6) is 0 Å². The van der Waals surface area contributed by atoms with E-state index in [0.717, 1.165) is 25.9 Å². The molecule has 1 saturated heterocycles. The summed E-state index contributed by atoms with van der Waals surface area (Å²) in [6.07, 6.45) is 2.74. The van der Waals surface area contributed by atoms with Crippen molar-refractivity contribution < 1.29 is 9.53 Å². The predicted molar refractivity (Wildman–Crippen MR) is 45.4 cm³/mol. The molecular weight excluding hydrogens is 156 g/mol. The van der Waals surface area contributed by atoms with Crippen molar-refractivity contribution in [1.82, 2.24) is 10.9 Å². The van der Waals surface area contributed by atoms with Gasteiger partial charge in [-0.1, -0.05) is 0 Å². The van der Waals surface area contributed by atoms with Crippen LogP contribution in [0.2, 0.25) is 0 Å². The van der Waals surface area contributed by atoms with Crippen LogP contribution in [0.25, 0.3) is 0 Å². The highest BCUT2D eigenvalue weighted by molar-refractivity contribution is 5.69. The van der Waals surface area contributed by atoms with Crippen LogP contribution >= 0.6 is 0 Å². The quantitative estimate of drug-likeness (QED) is 0.578. The van der Waals surface area contributed by atoms with Crippen molar-refractivity contribution in [2.75, 3.05) is 20.2 Å². The van der Waals surface area contributed by atoms with E-state index in [2.05, 4.69) is 15.6 Å². The number of ether oxygens (including phenoxy) is 1. The number of carbonyl (C=O) groups is 1. The molecule has 0 aromatic carbocycles. The Kier molecular flexibility index (Phi) is 4.04. The van der Waals surface area contributed by atoms with Gasteiger partial charge in [0, 0.05) is 19.5 Å². The molecular formula is C8H16N2O2. The highest BCUT2D eigenvalue weighted by Gasteiger charge is 2.15. The van der Waals surface area contributed by atoms with Crippen LogP contribution in [-0.2, 0) is 9.53 Å². The van der Waals surface area contributed by atoms with E-state index in [4.69, 9.17) is 0 Å². The van der Waals surface area contributed by atoms with E-state index in [-0.39, 0.29) is 5.97 Å². The lowest BCUT2D eigenvalue weighted by atomic mass is 10.0. The van der Waals surface area contributed by atoms with Crippen LogP contribution in [-0.4, -0.2) is 26.2 Å². The number of hydrazine groups is 1. The van der Waals surface area contributed by atoms with Gasteiger partial charge in [-0.3, -0.25) is 15.6 Å². The van der Waals surface area contributed by atoms with Gasteiger partial charge < -0.3 is 4.74 Å². The van der Waals surface area contributed by atoms with E-state index in [1.165, 1.54) is 7.11 Å². The molecule has 1 atom stereocenters. The van der Waals surface area contributed by atoms with Crippen molar-refractivity contribution >= 4 is 5.97 Å². The molecule has 0 aromatic rings. The smallest absolute Gasteiger partial charge is 0.305 e. The molecule has 1 heterocycles. The Labute approximate surface area is 72.6 Å². The zero-order valence-corrected chi connectivity index (χ0v) is 7.43. The molecule has 70 valence electrons. The van der Waals surface area contributed by atoms with E-state index in [1.807, 2.05) is 0 Å². The summed E-state index contributed by atoms with van der Waals surface area (Å²) < 4.78 is 4.61. The van der Waals surface area contributed by atoms with Gasteiger partial charge in [0.15, 0.2) is 0 Å². The molecule has 0 saturated carbocycles. The minimum atomic E-state index is -0.108. The van der Waals surface area contributed by atoms with Crippen LogP contribution in [0.3, 0.4) is 0 Å². The second-order valence-electron chi connectivity index (χ2n) is 3.10. The highest BCUT2D eigenvalue weighted by atomic mass is 16.5. The normalized spacial score (nSPS) is 24.6. The average molecular weight is 172 g/mol. The number of hydrogen-bond acceptors (Lipinski definition) is 4. The molecule has 0 aliphatic carbocycles. The van der Waals surface area contributed by atoms with Gasteiger partial charge in [0.05, 0.1) is 7.11 Å². The van der Waals surface area contributed by atoms with Gasteiger partial charge in [-0.2, -0.15) is 0 Å². The van der Waals surface area contributed by atoms with Gasteiger partial charge in [-0.05, 0) is 18.8 Å². The second-order valence-corrected chi connectivity index (χ2v) is 3.10. The maximum absolute atomic E-state index is 10.9. The van der Waals surface area contributed by atoms with Crippen molar-refractivity contribution in [3.8, 4) is 0 Å². The summed E-state index contributed by atoms with van der Waals surface area (Å²) in [5.41, 5.74) is 6.14. The van der Waals surface area contributed by atoms with Crippen molar-refractivity contribution in [3.63, 3.8) is 0 Å². The number of hydrogen-bond donors (Lipinski definition) is 2. The molecule has 1 unspecified atom stereocenters. The second kappa shape index (κ2) is 5.11. The third kappa shape index (κ3) is 3.19. The highest BCUT2D eigenvalue weighted by Crippen LogP contribution is 2.11. The molecule has 1 rings (SSSR count). The molecule has 0 spiro atoms. The molecule has 4 nitrogen and oxygen atoms in total. The first kappa shape index (κ1) is 9.48. The minimum absolute atomic E-state index is 0.108. The van der Waals surface area contributed by atoms with Crippen LogP contribution in [0, 0.1) is 5.92 Å². The van der Waals surface area contributed by atoms with Crippen molar-refractivity contribution in [3.05, 3.63) is 0 Å². The summed E-state index contributed by atoms with van der Waals surface area (Å²) in [6, 6.07) is 0. The largest absolute Gasteiger partial charge is 0.469 e. The average Bonchev–Trinajstić information content (AvgIpc) is 2.33. The van der Waals surface area contributed by atoms with Crippen molar-refractivity contribution in [2.24, 2.45) is 5.92 Å². The van der Waals surface area contributed by atoms with Gasteiger partial charge in [-0.15, -0.1) is 0 Å². The summed E-state index contributed by atoms with van der Waals surface area (Å²) in [7, 11) is 1.44. The lowest BCUT2D eigenvalue weighted by Crippen LogP contribution is -2.33. The SMILES string of the molecule is COC(=O)CC1CCCNNC1. The monoisotopic (exact) mass is 172 g/mol. The third-order valence-electron chi connectivity index (χ3n) is 2.11. The van der Waals surface area contributed by atoms with Gasteiger partial charge in [0.1, 0.15) is 0 Å². The molecule has 1 aliphatic heterocycles. The van der Waals surface area contributed by atoms with Crippen LogP contribution in [0.1, 0.15) is 19.3 Å². The molecule has 1 aliphatic rings. The number of nitrogens with one attached hydrogen (secondary N) is 2. The van der Waals surface area contributed by atoms with Crippen molar-refractivity contribution in [2.45, 2.75) is 19.3 Å². The fourth-order valence-corrected chi connectivity index (χ4v) is 1.38. The van der Waals surface area contributed by atoms with Gasteiger partial charge in [0.2, 0.25) is 0 Å². The van der Waals surface area contributed by atoms with E-state index >= 15 is 0 Å². The Morgan fingerprint density at radius 2 is 2.42 bits per heavy atom. The summed E-state index contributed by atoms with van der Waals surface area (Å²) in [5, 5.41) is 0. The Balaban J connectivity index is 2.24. The molecule has 0 radical (unpaired) electrons. The summed E-state index contributed by atoms with van der Waals surface area (Å²) in [6.45, 7) is 1.84. The van der Waals surface area contributed by atoms with E-state index in [0.29, 0.717) is 12.3 Å².